The lowest BCUT2D eigenvalue weighted by atomic mass is 10.1. The number of carbonyl (C=O) groups is 2. The van der Waals surface area contributed by atoms with Gasteiger partial charge >= 0.3 is 5.97 Å². The number of likely N-dealkylation sites (tertiary alicyclic amines) is 1. The van der Waals surface area contributed by atoms with Crippen LogP contribution in [0.2, 0.25) is 0 Å². The van der Waals surface area contributed by atoms with E-state index in [0.717, 1.165) is 57.5 Å². The number of amides is 1. The third kappa shape index (κ3) is 4.62. The fraction of sp³-hybridized carbons (Fsp3) is 0.600. The van der Waals surface area contributed by atoms with Crippen molar-refractivity contribution in [1.82, 2.24) is 9.80 Å². The maximum absolute atomic E-state index is 12.7. The number of para-hydroxylation sites is 1. The minimum atomic E-state index is -0.773. The molecule has 0 saturated carbocycles. The van der Waals surface area contributed by atoms with E-state index in [1.165, 1.54) is 5.56 Å². The van der Waals surface area contributed by atoms with Gasteiger partial charge in [0.15, 0.2) is 0 Å². The first kappa shape index (κ1) is 18.9. The van der Waals surface area contributed by atoms with E-state index in [4.69, 9.17) is 5.11 Å². The number of hydrogen-bond donors (Lipinski definition) is 1. The van der Waals surface area contributed by atoms with Gasteiger partial charge in [-0.25, -0.2) is 0 Å². The molecule has 142 valence electrons. The number of carboxylic acid groups (broad SMARTS) is 1. The fourth-order valence-electron chi connectivity index (χ4n) is 4.13. The first-order valence-corrected chi connectivity index (χ1v) is 9.57. The van der Waals surface area contributed by atoms with Crippen LogP contribution in [-0.2, 0) is 16.0 Å². The van der Waals surface area contributed by atoms with E-state index in [9.17, 15) is 9.59 Å². The number of carboxylic acids is 1. The molecule has 0 bridgehead atoms. The van der Waals surface area contributed by atoms with Crippen LogP contribution in [-0.4, -0.2) is 72.6 Å². The highest BCUT2D eigenvalue weighted by molar-refractivity contribution is 5.95. The molecule has 0 aliphatic carbocycles. The number of carbonyl (C=O) groups excluding carboxylic acids is 1. The predicted molar refractivity (Wildman–Crippen MR) is 101 cm³/mol. The summed E-state index contributed by atoms with van der Waals surface area (Å²) in [5, 5.41) is 8.96. The Hall–Kier alpha value is -1.92. The second-order valence-electron chi connectivity index (χ2n) is 7.41. The van der Waals surface area contributed by atoms with Crippen molar-refractivity contribution >= 4 is 17.6 Å². The molecule has 1 aromatic carbocycles. The molecule has 0 aromatic heterocycles. The summed E-state index contributed by atoms with van der Waals surface area (Å²) in [6.07, 6.45) is 4.53. The van der Waals surface area contributed by atoms with Gasteiger partial charge < -0.3 is 14.9 Å². The van der Waals surface area contributed by atoms with Crippen molar-refractivity contribution in [3.05, 3.63) is 29.8 Å². The van der Waals surface area contributed by atoms with Crippen LogP contribution in [0.3, 0.4) is 0 Å². The van der Waals surface area contributed by atoms with Gasteiger partial charge in [-0.3, -0.25) is 14.5 Å². The highest BCUT2D eigenvalue weighted by Crippen LogP contribution is 2.28. The van der Waals surface area contributed by atoms with Gasteiger partial charge in [0.1, 0.15) is 0 Å². The number of nitrogens with zero attached hydrogens (tertiary/aromatic N) is 3. The number of likely N-dealkylation sites (N-methyl/N-ethyl adjacent to an activating group) is 1. The van der Waals surface area contributed by atoms with Gasteiger partial charge in [0.2, 0.25) is 5.91 Å². The molecule has 1 amide bonds. The van der Waals surface area contributed by atoms with E-state index in [2.05, 4.69) is 11.0 Å². The number of benzene rings is 1. The largest absolute Gasteiger partial charge is 0.480 e. The minimum Gasteiger partial charge on any atom is -0.480 e. The average Bonchev–Trinajstić information content (AvgIpc) is 2.90. The molecular weight excluding hydrogens is 330 g/mol. The highest BCUT2D eigenvalue weighted by Gasteiger charge is 2.25. The van der Waals surface area contributed by atoms with E-state index >= 15 is 0 Å². The zero-order valence-corrected chi connectivity index (χ0v) is 15.6. The first-order valence-electron chi connectivity index (χ1n) is 9.57. The summed E-state index contributed by atoms with van der Waals surface area (Å²) < 4.78 is 0. The van der Waals surface area contributed by atoms with Crippen molar-refractivity contribution in [1.29, 1.82) is 0 Å². The van der Waals surface area contributed by atoms with Crippen molar-refractivity contribution in [3.63, 3.8) is 0 Å². The van der Waals surface area contributed by atoms with Gasteiger partial charge in [-0.1, -0.05) is 18.2 Å². The molecule has 1 N–H and O–H groups in total. The Morgan fingerprint density at radius 2 is 2.00 bits per heavy atom. The molecule has 2 aliphatic rings. The average molecular weight is 359 g/mol. The van der Waals surface area contributed by atoms with E-state index in [-0.39, 0.29) is 12.5 Å². The van der Waals surface area contributed by atoms with Crippen molar-refractivity contribution in [3.8, 4) is 0 Å². The highest BCUT2D eigenvalue weighted by atomic mass is 16.4. The van der Waals surface area contributed by atoms with E-state index in [0.29, 0.717) is 12.5 Å². The van der Waals surface area contributed by atoms with Crippen molar-refractivity contribution < 1.29 is 14.7 Å². The summed E-state index contributed by atoms with van der Waals surface area (Å²) in [6, 6.07) is 8.48. The zero-order valence-electron chi connectivity index (χ0n) is 15.6. The van der Waals surface area contributed by atoms with Gasteiger partial charge in [-0.05, 0) is 57.5 Å². The number of aliphatic carboxylic acids is 1. The van der Waals surface area contributed by atoms with Crippen LogP contribution >= 0.6 is 0 Å². The third-order valence-electron chi connectivity index (χ3n) is 5.63. The summed E-state index contributed by atoms with van der Waals surface area (Å²) in [7, 11) is 1.89. The second-order valence-corrected chi connectivity index (χ2v) is 7.41. The Bertz CT molecular complexity index is 649. The first-order chi connectivity index (χ1) is 12.5. The second kappa shape index (κ2) is 8.64. The molecule has 26 heavy (non-hydrogen) atoms. The monoisotopic (exact) mass is 359 g/mol. The lowest BCUT2D eigenvalue weighted by Gasteiger charge is -2.26. The number of rotatable bonds is 6. The molecule has 3 rings (SSSR count). The molecule has 1 saturated heterocycles. The molecule has 6 nitrogen and oxygen atoms in total. The van der Waals surface area contributed by atoms with Gasteiger partial charge in [0.05, 0.1) is 6.54 Å². The summed E-state index contributed by atoms with van der Waals surface area (Å²) in [5.41, 5.74) is 2.34. The minimum absolute atomic E-state index is 0.0948. The summed E-state index contributed by atoms with van der Waals surface area (Å²) in [4.78, 5) is 29.8. The maximum Gasteiger partial charge on any atom is 0.317 e. The normalized spacial score (nSPS) is 20.8. The molecule has 1 atom stereocenters. The van der Waals surface area contributed by atoms with Crippen LogP contribution < -0.4 is 4.90 Å². The van der Waals surface area contributed by atoms with Gasteiger partial charge in [-0.15, -0.1) is 0 Å². The maximum atomic E-state index is 12.7. The fourth-order valence-corrected chi connectivity index (χ4v) is 4.13. The molecule has 1 aromatic rings. The number of hydrogen-bond acceptors (Lipinski definition) is 4. The van der Waals surface area contributed by atoms with Crippen molar-refractivity contribution in [2.75, 3.05) is 44.7 Å². The molecule has 1 fully saturated rings. The van der Waals surface area contributed by atoms with Gasteiger partial charge in [0, 0.05) is 31.2 Å². The standard InChI is InChI=1S/C20H29N3O3/c1-21(15-20(25)26)17-6-4-11-22(12-9-17)13-10-19(24)23-14-8-16-5-2-3-7-18(16)23/h2-3,5,7,17H,4,6,8-15H2,1H3,(H,25,26). The Balaban J connectivity index is 1.47. The predicted octanol–water partition coefficient (Wildman–Crippen LogP) is 1.84. The van der Waals surface area contributed by atoms with Crippen LogP contribution in [0.15, 0.2) is 24.3 Å². The van der Waals surface area contributed by atoms with E-state index < -0.39 is 5.97 Å². The molecule has 1 unspecified atom stereocenters. The molecule has 2 heterocycles. The number of fused-ring (bicyclic) bond motifs is 1. The van der Waals surface area contributed by atoms with E-state index in [1.807, 2.05) is 35.0 Å². The summed E-state index contributed by atoms with van der Waals surface area (Å²) in [5.74, 6) is -0.566. The SMILES string of the molecule is CN(CC(=O)O)C1CCCN(CCC(=O)N2CCc3ccccc32)CC1. The smallest absolute Gasteiger partial charge is 0.317 e. The van der Waals surface area contributed by atoms with Crippen LogP contribution in [0.5, 0.6) is 0 Å². The van der Waals surface area contributed by atoms with E-state index in [1.54, 1.807) is 0 Å². The molecule has 6 heteroatoms. The third-order valence-corrected chi connectivity index (χ3v) is 5.63. The molecular formula is C20H29N3O3. The lowest BCUT2D eigenvalue weighted by molar-refractivity contribution is -0.138. The summed E-state index contributed by atoms with van der Waals surface area (Å²) in [6.45, 7) is 3.59. The van der Waals surface area contributed by atoms with Gasteiger partial charge in [-0.2, -0.15) is 0 Å². The number of anilines is 1. The Kier molecular flexibility index (Phi) is 6.27. The van der Waals surface area contributed by atoms with Crippen molar-refractivity contribution in [2.45, 2.75) is 38.1 Å². The Labute approximate surface area is 155 Å². The topological polar surface area (TPSA) is 64.1 Å². The van der Waals surface area contributed by atoms with Crippen LogP contribution in [0, 0.1) is 0 Å². The Morgan fingerprint density at radius 3 is 2.81 bits per heavy atom. The van der Waals surface area contributed by atoms with Crippen LogP contribution in [0.1, 0.15) is 31.2 Å². The molecule has 0 radical (unpaired) electrons. The summed E-state index contributed by atoms with van der Waals surface area (Å²) >= 11 is 0. The molecule has 2 aliphatic heterocycles. The molecule has 0 spiro atoms. The lowest BCUT2D eigenvalue weighted by Crippen LogP contribution is -2.37. The quantitative estimate of drug-likeness (QED) is 0.840. The van der Waals surface area contributed by atoms with Gasteiger partial charge in [0.25, 0.3) is 0 Å². The zero-order chi connectivity index (χ0) is 18.5. The van der Waals surface area contributed by atoms with Crippen molar-refractivity contribution in [2.24, 2.45) is 0 Å². The van der Waals surface area contributed by atoms with Crippen LogP contribution in [0.25, 0.3) is 0 Å². The Morgan fingerprint density at radius 1 is 1.19 bits per heavy atom. The van der Waals surface area contributed by atoms with Crippen LogP contribution in [0.4, 0.5) is 5.69 Å².